The highest BCUT2D eigenvalue weighted by molar-refractivity contribution is 7.23. The van der Waals surface area contributed by atoms with Crippen molar-refractivity contribution in [1.82, 2.24) is 19.8 Å². The molecule has 49 heavy (non-hydrogen) atoms. The molecule has 0 bridgehead atoms. The zero-order valence-electron chi connectivity index (χ0n) is 27.0. The summed E-state index contributed by atoms with van der Waals surface area (Å²) in [4.78, 5) is 31.6. The third-order valence-electron chi connectivity index (χ3n) is 10.4. The third-order valence-corrected chi connectivity index (χ3v) is 11.7. The highest BCUT2D eigenvalue weighted by Crippen LogP contribution is 2.49. The minimum Gasteiger partial charge on any atom is -0.461 e. The van der Waals surface area contributed by atoms with E-state index in [4.69, 9.17) is 38.6 Å². The number of nitrogen functional groups attached to an aromatic ring is 1. The summed E-state index contributed by atoms with van der Waals surface area (Å²) in [6.07, 6.45) is 3.10. The van der Waals surface area contributed by atoms with Gasteiger partial charge in [0.1, 0.15) is 30.5 Å². The molecule has 252 valence electrons. The Morgan fingerprint density at radius 3 is 2.94 bits per heavy atom. The van der Waals surface area contributed by atoms with E-state index in [0.717, 1.165) is 30.7 Å². The molecule has 2 aromatic heterocycles. The molecule has 3 aliphatic heterocycles. The maximum atomic E-state index is 15.0. The molecule has 1 amide bonds. The molecule has 7 rings (SSSR count). The molecule has 4 aromatic rings. The lowest BCUT2D eigenvalue weighted by Gasteiger charge is -2.33. The van der Waals surface area contributed by atoms with E-state index in [1.165, 1.54) is 18.2 Å². The van der Waals surface area contributed by atoms with Gasteiger partial charge < -0.3 is 20.3 Å². The second-order valence-corrected chi connectivity index (χ2v) is 14.4. The highest BCUT2D eigenvalue weighted by Gasteiger charge is 2.49. The summed E-state index contributed by atoms with van der Waals surface area (Å²) >= 11 is 7.97. The number of halogens is 3. The van der Waals surface area contributed by atoms with Gasteiger partial charge in [-0.2, -0.15) is 15.2 Å². The van der Waals surface area contributed by atoms with Gasteiger partial charge in [-0.05, 0) is 56.5 Å². The van der Waals surface area contributed by atoms with Crippen LogP contribution in [-0.4, -0.2) is 82.8 Å². The summed E-state index contributed by atoms with van der Waals surface area (Å²) < 4.78 is 36.1. The van der Waals surface area contributed by atoms with Crippen LogP contribution in [0.1, 0.15) is 38.2 Å². The minimum absolute atomic E-state index is 0.0122. The van der Waals surface area contributed by atoms with E-state index in [1.54, 1.807) is 11.0 Å². The summed E-state index contributed by atoms with van der Waals surface area (Å²) in [6, 6.07) is 6.36. The number of hydrogen-bond acceptors (Lipinski definition) is 9. The molecule has 10 nitrogen and oxygen atoms in total. The van der Waals surface area contributed by atoms with Gasteiger partial charge in [0.2, 0.25) is 11.6 Å². The van der Waals surface area contributed by atoms with Gasteiger partial charge >= 0.3 is 6.01 Å². The highest BCUT2D eigenvalue weighted by atomic mass is 35.5. The molecule has 0 spiro atoms. The van der Waals surface area contributed by atoms with Crippen molar-refractivity contribution in [2.45, 2.75) is 56.4 Å². The lowest BCUT2D eigenvalue weighted by molar-refractivity contribution is -0.126. The first kappa shape index (κ1) is 33.0. The SMILES string of the molecule is [C-]#[N+]c1c(N)sc2c(F)ccc(-c3c(Cl)cc4c(N(C)C5CCN(C(=O)C=C)[C@@H]5C)nc(OC[C@@]56CCCN5C[C@H](F)C6)nc4c3C#N)c12. The average Bonchev–Trinajstić information content (AvgIpc) is 3.83. The number of amides is 1. The average molecular weight is 703 g/mol. The van der Waals surface area contributed by atoms with Crippen LogP contribution in [0, 0.1) is 23.7 Å². The maximum Gasteiger partial charge on any atom is 0.319 e. The Balaban J connectivity index is 1.41. The topological polar surface area (TPSA) is 116 Å². The Morgan fingerprint density at radius 1 is 1.41 bits per heavy atom. The van der Waals surface area contributed by atoms with Crippen LogP contribution in [0.25, 0.3) is 37.0 Å². The number of likely N-dealkylation sites (N-methyl/N-ethyl adjacent to an activating group) is 1. The number of alkyl halides is 1. The van der Waals surface area contributed by atoms with Crippen molar-refractivity contribution < 1.29 is 18.3 Å². The number of rotatable bonds is 7. The van der Waals surface area contributed by atoms with Crippen molar-refractivity contribution in [2.24, 2.45) is 0 Å². The number of nitriles is 1. The van der Waals surface area contributed by atoms with Crippen molar-refractivity contribution in [3.8, 4) is 23.2 Å². The maximum absolute atomic E-state index is 15.0. The number of nitrogens with two attached hydrogens (primary N) is 1. The summed E-state index contributed by atoms with van der Waals surface area (Å²) in [5, 5.41) is 11.8. The number of aromatic nitrogens is 2. The van der Waals surface area contributed by atoms with Gasteiger partial charge in [-0.1, -0.05) is 24.2 Å². The van der Waals surface area contributed by atoms with Crippen LogP contribution >= 0.6 is 22.9 Å². The normalized spacial score (nSPS) is 23.5. The fourth-order valence-corrected chi connectivity index (χ4v) is 9.31. The third kappa shape index (κ3) is 5.23. The Kier molecular flexibility index (Phi) is 8.34. The van der Waals surface area contributed by atoms with E-state index in [-0.39, 0.29) is 73.0 Å². The monoisotopic (exact) mass is 702 g/mol. The van der Waals surface area contributed by atoms with Gasteiger partial charge in [-0.15, -0.1) is 11.3 Å². The van der Waals surface area contributed by atoms with E-state index in [9.17, 15) is 14.4 Å². The molecule has 0 saturated carbocycles. The number of fused-ring (bicyclic) bond motifs is 3. The molecule has 0 radical (unpaired) electrons. The Hall–Kier alpha value is -4.56. The van der Waals surface area contributed by atoms with Gasteiger partial charge in [0.05, 0.1) is 44.0 Å². The van der Waals surface area contributed by atoms with Crippen molar-refractivity contribution in [3.05, 3.63) is 58.7 Å². The fraction of sp³-hybridized carbons (Fsp3) is 0.400. The van der Waals surface area contributed by atoms with E-state index >= 15 is 4.39 Å². The largest absolute Gasteiger partial charge is 0.461 e. The molecule has 3 fully saturated rings. The van der Waals surface area contributed by atoms with Crippen molar-refractivity contribution in [1.29, 1.82) is 5.26 Å². The van der Waals surface area contributed by atoms with Crippen molar-refractivity contribution >= 4 is 66.3 Å². The number of likely N-dealkylation sites (tertiary alicyclic amines) is 1. The number of anilines is 2. The molecule has 4 atom stereocenters. The number of thiophene rings is 1. The van der Waals surface area contributed by atoms with Gasteiger partial charge in [0, 0.05) is 48.9 Å². The number of nitrogens with zero attached hydrogens (tertiary/aromatic N) is 7. The van der Waals surface area contributed by atoms with Crippen molar-refractivity contribution in [2.75, 3.05) is 43.9 Å². The fourth-order valence-electron chi connectivity index (χ4n) is 8.07. The van der Waals surface area contributed by atoms with Crippen LogP contribution in [-0.2, 0) is 4.79 Å². The summed E-state index contributed by atoms with van der Waals surface area (Å²) in [6.45, 7) is 15.2. The zero-order chi connectivity index (χ0) is 34.8. The lowest BCUT2D eigenvalue weighted by Crippen LogP contribution is -2.44. The standard InChI is InChI=1S/C35H33ClF2N8O2S/c1-5-26(47)46-12-9-25(18(46)2)44(4)33-21-13-23(36)27(20-7-8-24(38)31-28(20)30(41-3)32(40)49-31)22(15-39)29(21)42-34(43-33)48-17-35-10-6-11-45(35)16-19(37)14-35/h5,7-8,13,18-19,25H,1,6,9-12,14,16-17,40H2,2,4H3/t18-,19-,25?,35+/m1/s1. The van der Waals surface area contributed by atoms with Crippen LogP contribution < -0.4 is 15.4 Å². The lowest BCUT2D eigenvalue weighted by atomic mass is 9.94. The first-order valence-electron chi connectivity index (χ1n) is 16.0. The van der Waals surface area contributed by atoms with Gasteiger partial charge in [0.15, 0.2) is 0 Å². The quantitative estimate of drug-likeness (QED) is 0.164. The number of hydrogen-bond donors (Lipinski definition) is 1. The second kappa shape index (κ2) is 12.4. The Labute approximate surface area is 291 Å². The molecule has 14 heteroatoms. The number of benzene rings is 2. The van der Waals surface area contributed by atoms with Crippen molar-refractivity contribution in [3.63, 3.8) is 0 Å². The smallest absolute Gasteiger partial charge is 0.319 e. The first-order chi connectivity index (χ1) is 23.5. The Morgan fingerprint density at radius 2 is 2.20 bits per heavy atom. The second-order valence-electron chi connectivity index (χ2n) is 13.0. The van der Waals surface area contributed by atoms with E-state index in [2.05, 4.69) is 22.4 Å². The Bertz CT molecular complexity index is 2130. The molecule has 2 aromatic carbocycles. The van der Waals surface area contributed by atoms with Gasteiger partial charge in [-0.3, -0.25) is 9.69 Å². The molecule has 0 aliphatic carbocycles. The molecule has 3 aliphatic rings. The van der Waals surface area contributed by atoms with Crippen LogP contribution in [0.15, 0.2) is 30.9 Å². The van der Waals surface area contributed by atoms with Crippen LogP contribution in [0.3, 0.4) is 0 Å². The van der Waals surface area contributed by atoms with E-state index < -0.39 is 17.5 Å². The summed E-state index contributed by atoms with van der Waals surface area (Å²) in [5.74, 6) is -0.266. The molecule has 2 N–H and O–H groups in total. The molecule has 5 heterocycles. The zero-order valence-corrected chi connectivity index (χ0v) is 28.5. The number of carbonyl (C=O) groups is 1. The van der Waals surface area contributed by atoms with Gasteiger partial charge in [-0.25, -0.2) is 13.6 Å². The molecular formula is C35H33ClF2N8O2S. The van der Waals surface area contributed by atoms with Crippen LogP contribution in [0.5, 0.6) is 6.01 Å². The summed E-state index contributed by atoms with van der Waals surface area (Å²) in [5.41, 5.74) is 6.73. The van der Waals surface area contributed by atoms with E-state index in [1.807, 2.05) is 18.9 Å². The number of carbonyl (C=O) groups excluding carboxylic acids is 1. The molecule has 3 saturated heterocycles. The van der Waals surface area contributed by atoms with E-state index in [0.29, 0.717) is 42.7 Å². The predicted octanol–water partition coefficient (Wildman–Crippen LogP) is 6.88. The predicted molar refractivity (Wildman–Crippen MR) is 187 cm³/mol. The summed E-state index contributed by atoms with van der Waals surface area (Å²) in [7, 11) is 1.87. The number of ether oxygens (including phenoxy) is 1. The minimum atomic E-state index is -0.942. The first-order valence-corrected chi connectivity index (χ1v) is 17.2. The van der Waals surface area contributed by atoms with Crippen LogP contribution in [0.2, 0.25) is 5.02 Å². The van der Waals surface area contributed by atoms with Gasteiger partial charge in [0.25, 0.3) is 0 Å². The van der Waals surface area contributed by atoms with Crippen LogP contribution in [0.4, 0.5) is 25.3 Å². The molecule has 1 unspecified atom stereocenters. The molecular weight excluding hydrogens is 670 g/mol.